The molecule has 26 heavy (non-hydrogen) atoms. The second-order valence-electron chi connectivity index (χ2n) is 5.94. The van der Waals surface area contributed by atoms with Crippen molar-refractivity contribution in [2.75, 3.05) is 65.9 Å². The number of nitrogens with zero attached hydrogens (tertiary/aromatic N) is 2. The van der Waals surface area contributed by atoms with Crippen molar-refractivity contribution in [2.24, 2.45) is 0 Å². The predicted octanol–water partition coefficient (Wildman–Crippen LogP) is 0.564. The molecule has 0 radical (unpaired) electrons. The van der Waals surface area contributed by atoms with Crippen LogP contribution in [0.5, 0.6) is 5.75 Å². The first kappa shape index (κ1) is 20.8. The van der Waals surface area contributed by atoms with Crippen LogP contribution in [0.1, 0.15) is 0 Å². The Morgan fingerprint density at radius 3 is 2.54 bits per heavy atom. The normalized spacial score (nSPS) is 16.3. The molecule has 8 nitrogen and oxygen atoms in total. The number of rotatable bonds is 7. The van der Waals surface area contributed by atoms with Crippen molar-refractivity contribution in [2.45, 2.75) is 4.90 Å². The quantitative estimate of drug-likeness (QED) is 0.506. The van der Waals surface area contributed by atoms with E-state index in [1.807, 2.05) is 7.05 Å². The van der Waals surface area contributed by atoms with Gasteiger partial charge in [0.05, 0.1) is 24.3 Å². The molecule has 1 aliphatic rings. The molecule has 2 rings (SSSR count). The Morgan fingerprint density at radius 1 is 1.23 bits per heavy atom. The van der Waals surface area contributed by atoms with Crippen LogP contribution in [-0.2, 0) is 14.8 Å². The molecular formula is C16H26N4O4S2. The van der Waals surface area contributed by atoms with Gasteiger partial charge < -0.3 is 25.0 Å². The van der Waals surface area contributed by atoms with Crippen LogP contribution in [0.3, 0.4) is 0 Å². The molecule has 0 bridgehead atoms. The molecule has 0 saturated carbocycles. The summed E-state index contributed by atoms with van der Waals surface area (Å²) in [6.45, 7) is 3.44. The summed E-state index contributed by atoms with van der Waals surface area (Å²) < 4.78 is 37.6. The first-order valence-corrected chi connectivity index (χ1v) is 10.1. The summed E-state index contributed by atoms with van der Waals surface area (Å²) in [5, 5.41) is 6.35. The summed E-state index contributed by atoms with van der Waals surface area (Å²) in [4.78, 5) is 2.32. The van der Waals surface area contributed by atoms with Crippen molar-refractivity contribution in [3.63, 3.8) is 0 Å². The number of hydrogen-bond acceptors (Lipinski definition) is 6. The number of thiocarbonyl (C=S) groups is 1. The van der Waals surface area contributed by atoms with Gasteiger partial charge in [-0.2, -0.15) is 4.31 Å². The van der Waals surface area contributed by atoms with Crippen molar-refractivity contribution in [3.05, 3.63) is 18.2 Å². The van der Waals surface area contributed by atoms with E-state index < -0.39 is 10.0 Å². The molecule has 1 aromatic rings. The Hall–Kier alpha value is -1.46. The lowest BCUT2D eigenvalue weighted by Gasteiger charge is -2.31. The summed E-state index contributed by atoms with van der Waals surface area (Å²) in [7, 11) is 1.55. The number of methoxy groups -OCH3 is 2. The number of hydrogen-bond donors (Lipinski definition) is 2. The van der Waals surface area contributed by atoms with Crippen LogP contribution in [0.2, 0.25) is 0 Å². The molecule has 0 aromatic heterocycles. The van der Waals surface area contributed by atoms with E-state index in [1.54, 1.807) is 25.3 Å². The van der Waals surface area contributed by atoms with Crippen LogP contribution < -0.4 is 15.4 Å². The number of nitrogens with one attached hydrogen (secondary N) is 2. The Labute approximate surface area is 160 Å². The van der Waals surface area contributed by atoms with Gasteiger partial charge in [-0.25, -0.2) is 8.42 Å². The predicted molar refractivity (Wildman–Crippen MR) is 105 cm³/mol. The molecule has 0 aliphatic carbocycles. The highest BCUT2D eigenvalue weighted by atomic mass is 32.2. The molecule has 1 aromatic carbocycles. The second kappa shape index (κ2) is 9.47. The molecule has 1 fully saturated rings. The van der Waals surface area contributed by atoms with E-state index in [-0.39, 0.29) is 4.90 Å². The molecular weight excluding hydrogens is 376 g/mol. The zero-order valence-electron chi connectivity index (χ0n) is 15.3. The zero-order chi connectivity index (χ0) is 19.2. The fourth-order valence-corrected chi connectivity index (χ4v) is 4.22. The molecule has 0 atom stereocenters. The Morgan fingerprint density at radius 2 is 1.92 bits per heavy atom. The van der Waals surface area contributed by atoms with Gasteiger partial charge >= 0.3 is 0 Å². The van der Waals surface area contributed by atoms with E-state index in [0.29, 0.717) is 55.9 Å². The summed E-state index contributed by atoms with van der Waals surface area (Å²) in [6.07, 6.45) is 0. The van der Waals surface area contributed by atoms with Crippen molar-refractivity contribution in [1.29, 1.82) is 0 Å². The van der Waals surface area contributed by atoms with E-state index in [2.05, 4.69) is 15.5 Å². The van der Waals surface area contributed by atoms with Crippen LogP contribution in [0.4, 0.5) is 5.69 Å². The third-order valence-corrected chi connectivity index (χ3v) is 6.25. The van der Waals surface area contributed by atoms with Crippen molar-refractivity contribution < 1.29 is 17.9 Å². The highest BCUT2D eigenvalue weighted by Gasteiger charge is 2.28. The minimum absolute atomic E-state index is 0.213. The lowest BCUT2D eigenvalue weighted by Crippen LogP contribution is -2.47. The smallest absolute Gasteiger partial charge is 0.243 e. The maximum Gasteiger partial charge on any atom is 0.243 e. The summed E-state index contributed by atoms with van der Waals surface area (Å²) >= 11 is 5.23. The number of sulfonamides is 1. The summed E-state index contributed by atoms with van der Waals surface area (Å²) in [5.74, 6) is 0.512. The van der Waals surface area contributed by atoms with Gasteiger partial charge in [0, 0.05) is 39.8 Å². The largest absolute Gasteiger partial charge is 0.495 e. The van der Waals surface area contributed by atoms with Gasteiger partial charge in [-0.3, -0.25) is 0 Å². The molecule has 0 unspecified atom stereocenters. The minimum Gasteiger partial charge on any atom is -0.495 e. The van der Waals surface area contributed by atoms with E-state index >= 15 is 0 Å². The van der Waals surface area contributed by atoms with E-state index in [0.717, 1.165) is 0 Å². The standard InChI is InChI=1S/C16H26N4O4S2/c1-19-7-9-20(10-8-19)26(21,22)13-4-5-15(24-3)14(12-13)18-16(25)17-6-11-23-2/h4-5,12H,6-11H2,1-3H3,(H2,17,18,25). The first-order chi connectivity index (χ1) is 12.4. The average Bonchev–Trinajstić information content (AvgIpc) is 2.62. The molecule has 2 N–H and O–H groups in total. The number of anilines is 1. The summed E-state index contributed by atoms with van der Waals surface area (Å²) in [5.41, 5.74) is 0.498. The maximum atomic E-state index is 12.9. The van der Waals surface area contributed by atoms with Crippen LogP contribution in [-0.4, -0.2) is 83.3 Å². The number of ether oxygens (including phenoxy) is 2. The fraction of sp³-hybridized carbons (Fsp3) is 0.562. The van der Waals surface area contributed by atoms with E-state index in [1.165, 1.54) is 11.4 Å². The maximum absolute atomic E-state index is 12.9. The lowest BCUT2D eigenvalue weighted by atomic mass is 10.3. The zero-order valence-corrected chi connectivity index (χ0v) is 17.0. The molecule has 0 amide bonds. The van der Waals surface area contributed by atoms with Crippen molar-refractivity contribution in [1.82, 2.24) is 14.5 Å². The number of piperazine rings is 1. The molecule has 1 saturated heterocycles. The molecule has 146 valence electrons. The van der Waals surface area contributed by atoms with Crippen molar-refractivity contribution >= 4 is 33.0 Å². The number of benzene rings is 1. The monoisotopic (exact) mass is 402 g/mol. The second-order valence-corrected chi connectivity index (χ2v) is 8.29. The van der Waals surface area contributed by atoms with Gasteiger partial charge in [-0.1, -0.05) is 0 Å². The third kappa shape index (κ3) is 5.27. The van der Waals surface area contributed by atoms with Gasteiger partial charge in [-0.15, -0.1) is 0 Å². The van der Waals surface area contributed by atoms with Gasteiger partial charge in [-0.05, 0) is 37.5 Å². The molecule has 0 spiro atoms. The highest BCUT2D eigenvalue weighted by molar-refractivity contribution is 7.89. The van der Waals surface area contributed by atoms with E-state index in [9.17, 15) is 8.42 Å². The Bertz CT molecular complexity index is 719. The van der Waals surface area contributed by atoms with Gasteiger partial charge in [0.2, 0.25) is 10.0 Å². The number of likely N-dealkylation sites (N-methyl/N-ethyl adjacent to an activating group) is 1. The van der Waals surface area contributed by atoms with Crippen LogP contribution in [0, 0.1) is 0 Å². The van der Waals surface area contributed by atoms with Gasteiger partial charge in [0.25, 0.3) is 0 Å². The highest BCUT2D eigenvalue weighted by Crippen LogP contribution is 2.29. The van der Waals surface area contributed by atoms with E-state index in [4.69, 9.17) is 21.7 Å². The minimum atomic E-state index is -3.56. The Kier molecular flexibility index (Phi) is 7.59. The van der Waals surface area contributed by atoms with Gasteiger partial charge in [0.15, 0.2) is 5.11 Å². The van der Waals surface area contributed by atoms with Gasteiger partial charge in [0.1, 0.15) is 5.75 Å². The van der Waals surface area contributed by atoms with Crippen LogP contribution in [0.25, 0.3) is 0 Å². The molecule has 1 aliphatic heterocycles. The Balaban J connectivity index is 2.18. The molecule has 1 heterocycles. The first-order valence-electron chi connectivity index (χ1n) is 8.29. The topological polar surface area (TPSA) is 83.1 Å². The molecule has 10 heteroatoms. The van der Waals surface area contributed by atoms with Crippen molar-refractivity contribution in [3.8, 4) is 5.75 Å². The van der Waals surface area contributed by atoms with Crippen LogP contribution >= 0.6 is 12.2 Å². The SMILES string of the molecule is COCCNC(=S)Nc1cc(S(=O)(=O)N2CCN(C)CC2)ccc1OC. The lowest BCUT2D eigenvalue weighted by molar-refractivity contribution is 0.204. The fourth-order valence-electron chi connectivity index (χ4n) is 2.56. The average molecular weight is 403 g/mol. The third-order valence-electron chi connectivity index (χ3n) is 4.11. The summed E-state index contributed by atoms with van der Waals surface area (Å²) in [6, 6.07) is 4.74. The van der Waals surface area contributed by atoms with Crippen LogP contribution in [0.15, 0.2) is 23.1 Å².